The second kappa shape index (κ2) is 6.36. The molecule has 0 saturated carbocycles. The molecular formula is C22H17NO4. The fourth-order valence-corrected chi connectivity index (χ4v) is 3.77. The number of fused-ring (bicyclic) bond motifs is 1. The minimum Gasteiger partial charge on any atom is -0.466 e. The average Bonchev–Trinajstić information content (AvgIpc) is 2.71. The summed E-state index contributed by atoms with van der Waals surface area (Å²) in [6, 6.07) is 16.0. The van der Waals surface area contributed by atoms with Crippen LogP contribution in [0, 0.1) is 0 Å². The van der Waals surface area contributed by atoms with Crippen molar-refractivity contribution in [3.8, 4) is 0 Å². The van der Waals surface area contributed by atoms with E-state index >= 15 is 0 Å². The number of carbonyl (C=O) groups is 3. The van der Waals surface area contributed by atoms with Crippen molar-refractivity contribution in [1.82, 2.24) is 5.32 Å². The van der Waals surface area contributed by atoms with Crippen molar-refractivity contribution >= 4 is 17.5 Å². The molecule has 0 spiro atoms. The van der Waals surface area contributed by atoms with Gasteiger partial charge in [0.05, 0.1) is 18.4 Å². The van der Waals surface area contributed by atoms with Crippen LogP contribution in [-0.2, 0) is 9.53 Å². The molecule has 2 aliphatic rings. The summed E-state index contributed by atoms with van der Waals surface area (Å²) in [5, 5.41) is 2.99. The zero-order valence-electron chi connectivity index (χ0n) is 14.9. The Labute approximate surface area is 156 Å². The van der Waals surface area contributed by atoms with Gasteiger partial charge >= 0.3 is 5.97 Å². The second-order valence-corrected chi connectivity index (χ2v) is 6.49. The van der Waals surface area contributed by atoms with Gasteiger partial charge in [-0.3, -0.25) is 9.59 Å². The average molecular weight is 359 g/mol. The zero-order chi connectivity index (χ0) is 19.1. The third-order valence-corrected chi connectivity index (χ3v) is 4.99. The number of nitrogens with one attached hydrogen (secondary N) is 1. The molecule has 2 aromatic rings. The summed E-state index contributed by atoms with van der Waals surface area (Å²) in [4.78, 5) is 38.9. The maximum absolute atomic E-state index is 13.3. The molecule has 134 valence electrons. The van der Waals surface area contributed by atoms with Gasteiger partial charge in [-0.25, -0.2) is 4.79 Å². The molecule has 2 aromatic carbocycles. The summed E-state index contributed by atoms with van der Waals surface area (Å²) >= 11 is 0. The number of carbonyl (C=O) groups excluding carboxylic acids is 3. The lowest BCUT2D eigenvalue weighted by Crippen LogP contribution is -2.38. The molecule has 1 atom stereocenters. The first-order valence-electron chi connectivity index (χ1n) is 8.58. The number of methoxy groups -OCH3 is 1. The third-order valence-electron chi connectivity index (χ3n) is 4.99. The van der Waals surface area contributed by atoms with E-state index in [2.05, 4.69) is 5.32 Å². The summed E-state index contributed by atoms with van der Waals surface area (Å²) in [7, 11) is 1.30. The first-order chi connectivity index (χ1) is 13.0. The summed E-state index contributed by atoms with van der Waals surface area (Å²) in [5.41, 5.74) is 2.85. The summed E-state index contributed by atoms with van der Waals surface area (Å²) in [5.74, 6) is -1.70. The largest absolute Gasteiger partial charge is 0.466 e. The molecule has 5 nitrogen and oxygen atoms in total. The van der Waals surface area contributed by atoms with Gasteiger partial charge < -0.3 is 10.1 Å². The standard InChI is InChI=1S/C22H17NO4/c1-12-16(22(26)27-2)17(13-8-4-3-5-9-13)18-19(23-12)21(25)15-11-7-6-10-14(15)20(18)24/h3-11,17,23H,1-2H3. The van der Waals surface area contributed by atoms with Crippen LogP contribution in [0.1, 0.15) is 39.1 Å². The first kappa shape index (κ1) is 17.0. The molecule has 1 N–H and O–H groups in total. The van der Waals surface area contributed by atoms with Gasteiger partial charge in [0.2, 0.25) is 5.78 Å². The number of hydrogen-bond donors (Lipinski definition) is 1. The highest BCUT2D eigenvalue weighted by molar-refractivity contribution is 6.28. The lowest BCUT2D eigenvalue weighted by Gasteiger charge is -2.33. The van der Waals surface area contributed by atoms with Crippen molar-refractivity contribution in [1.29, 1.82) is 0 Å². The molecule has 0 bridgehead atoms. The van der Waals surface area contributed by atoms with Crippen LogP contribution < -0.4 is 5.32 Å². The van der Waals surface area contributed by atoms with E-state index in [1.54, 1.807) is 31.2 Å². The Balaban J connectivity index is 1.98. The van der Waals surface area contributed by atoms with Crippen molar-refractivity contribution in [2.24, 2.45) is 0 Å². The van der Waals surface area contributed by atoms with E-state index in [0.717, 1.165) is 5.56 Å². The predicted octanol–water partition coefficient (Wildman–Crippen LogP) is 3.15. The molecule has 1 unspecified atom stereocenters. The molecule has 0 amide bonds. The molecule has 1 aliphatic heterocycles. The maximum Gasteiger partial charge on any atom is 0.336 e. The SMILES string of the molecule is COC(=O)C1=C(C)NC2=C(C(=O)c3ccccc3C2=O)C1c1ccccc1. The fraction of sp³-hybridized carbons (Fsp3) is 0.136. The Morgan fingerprint density at radius 3 is 2.15 bits per heavy atom. The molecular weight excluding hydrogens is 342 g/mol. The number of esters is 1. The highest BCUT2D eigenvalue weighted by atomic mass is 16.5. The quantitative estimate of drug-likeness (QED) is 0.834. The number of ketones is 2. The topological polar surface area (TPSA) is 72.5 Å². The molecule has 0 radical (unpaired) electrons. The summed E-state index contributed by atoms with van der Waals surface area (Å²) in [6.45, 7) is 1.71. The smallest absolute Gasteiger partial charge is 0.336 e. The molecule has 27 heavy (non-hydrogen) atoms. The molecule has 1 aliphatic carbocycles. The third kappa shape index (κ3) is 2.51. The molecule has 5 heteroatoms. The number of rotatable bonds is 2. The number of allylic oxidation sites excluding steroid dienone is 3. The monoisotopic (exact) mass is 359 g/mol. The fourth-order valence-electron chi connectivity index (χ4n) is 3.77. The number of Topliss-reactive ketones (excluding diaryl/α,β-unsaturated/α-hetero) is 2. The van der Waals surface area contributed by atoms with Crippen LogP contribution in [0.25, 0.3) is 0 Å². The molecule has 0 saturated heterocycles. The van der Waals surface area contributed by atoms with E-state index in [9.17, 15) is 14.4 Å². The van der Waals surface area contributed by atoms with Crippen LogP contribution in [0.15, 0.2) is 77.1 Å². The molecule has 0 fully saturated rings. The van der Waals surface area contributed by atoms with Crippen LogP contribution in [-0.4, -0.2) is 24.6 Å². The Hall–Kier alpha value is -3.47. The summed E-state index contributed by atoms with van der Waals surface area (Å²) in [6.07, 6.45) is 0. The van der Waals surface area contributed by atoms with Gasteiger partial charge in [-0.2, -0.15) is 0 Å². The van der Waals surface area contributed by atoms with Crippen molar-refractivity contribution in [3.63, 3.8) is 0 Å². The molecule has 1 heterocycles. The normalized spacial score (nSPS) is 18.7. The van der Waals surface area contributed by atoms with Gasteiger partial charge in [0, 0.05) is 28.3 Å². The van der Waals surface area contributed by atoms with E-state index in [-0.39, 0.29) is 22.8 Å². The van der Waals surface area contributed by atoms with Crippen LogP contribution in [0.3, 0.4) is 0 Å². The van der Waals surface area contributed by atoms with Gasteiger partial charge in [0.1, 0.15) is 0 Å². The minimum atomic E-state index is -0.667. The lowest BCUT2D eigenvalue weighted by atomic mass is 9.73. The lowest BCUT2D eigenvalue weighted by molar-refractivity contribution is -0.136. The zero-order valence-corrected chi connectivity index (χ0v) is 14.9. The van der Waals surface area contributed by atoms with E-state index in [0.29, 0.717) is 22.4 Å². The van der Waals surface area contributed by atoms with Gasteiger partial charge in [-0.15, -0.1) is 0 Å². The van der Waals surface area contributed by atoms with E-state index in [4.69, 9.17) is 4.74 Å². The van der Waals surface area contributed by atoms with Crippen molar-refractivity contribution in [2.75, 3.05) is 7.11 Å². The Bertz CT molecular complexity index is 1050. The van der Waals surface area contributed by atoms with Gasteiger partial charge in [0.15, 0.2) is 5.78 Å². The summed E-state index contributed by atoms with van der Waals surface area (Å²) < 4.78 is 4.97. The number of benzene rings is 2. The maximum atomic E-state index is 13.3. The van der Waals surface area contributed by atoms with Gasteiger partial charge in [-0.05, 0) is 12.5 Å². The predicted molar refractivity (Wildman–Crippen MR) is 99.2 cm³/mol. The van der Waals surface area contributed by atoms with Crippen molar-refractivity contribution in [2.45, 2.75) is 12.8 Å². The van der Waals surface area contributed by atoms with Crippen LogP contribution in [0.2, 0.25) is 0 Å². The first-order valence-corrected chi connectivity index (χ1v) is 8.58. The van der Waals surface area contributed by atoms with Crippen LogP contribution in [0.4, 0.5) is 0 Å². The van der Waals surface area contributed by atoms with E-state index in [1.807, 2.05) is 30.3 Å². The van der Waals surface area contributed by atoms with Crippen LogP contribution in [0.5, 0.6) is 0 Å². The van der Waals surface area contributed by atoms with Crippen molar-refractivity contribution < 1.29 is 19.1 Å². The van der Waals surface area contributed by atoms with E-state index < -0.39 is 11.9 Å². The highest BCUT2D eigenvalue weighted by Crippen LogP contribution is 2.43. The van der Waals surface area contributed by atoms with Gasteiger partial charge in [0.25, 0.3) is 0 Å². The Morgan fingerprint density at radius 1 is 0.926 bits per heavy atom. The molecule has 0 aromatic heterocycles. The van der Waals surface area contributed by atoms with Gasteiger partial charge in [-0.1, -0.05) is 54.6 Å². The molecule has 4 rings (SSSR count). The van der Waals surface area contributed by atoms with Crippen molar-refractivity contribution in [3.05, 3.63) is 93.8 Å². The Kier molecular flexibility index (Phi) is 4.00. The highest BCUT2D eigenvalue weighted by Gasteiger charge is 2.43. The minimum absolute atomic E-state index is 0.234. The number of ether oxygens (including phenoxy) is 1. The Morgan fingerprint density at radius 2 is 1.52 bits per heavy atom. The second-order valence-electron chi connectivity index (χ2n) is 6.49. The number of dihydropyridines is 1. The number of hydrogen-bond acceptors (Lipinski definition) is 5. The van der Waals surface area contributed by atoms with E-state index in [1.165, 1.54) is 7.11 Å². The van der Waals surface area contributed by atoms with Crippen LogP contribution >= 0.6 is 0 Å².